The summed E-state index contributed by atoms with van der Waals surface area (Å²) in [6.07, 6.45) is 0.829. The highest BCUT2D eigenvalue weighted by atomic mass is 16.5. The van der Waals surface area contributed by atoms with Gasteiger partial charge in [0.2, 0.25) is 0 Å². The molecule has 0 aliphatic rings. The van der Waals surface area contributed by atoms with Gasteiger partial charge >= 0.3 is 0 Å². The number of anilines is 1. The van der Waals surface area contributed by atoms with E-state index in [1.807, 2.05) is 43.3 Å². The van der Waals surface area contributed by atoms with E-state index in [1.54, 1.807) is 7.11 Å². The molecule has 1 rings (SSSR count). The molecule has 4 heteroatoms. The summed E-state index contributed by atoms with van der Waals surface area (Å²) >= 11 is 0. The smallest absolute Gasteiger partial charge is 0.251 e. The van der Waals surface area contributed by atoms with Crippen LogP contribution in [0, 0.1) is 0 Å². The third-order valence-corrected chi connectivity index (χ3v) is 2.44. The molecule has 1 N–H and O–H groups in total. The summed E-state index contributed by atoms with van der Waals surface area (Å²) in [6, 6.07) is 7.56. The fourth-order valence-electron chi connectivity index (χ4n) is 1.45. The predicted molar refractivity (Wildman–Crippen MR) is 69.6 cm³/mol. The van der Waals surface area contributed by atoms with Crippen molar-refractivity contribution in [3.8, 4) is 0 Å². The van der Waals surface area contributed by atoms with E-state index in [2.05, 4.69) is 5.32 Å². The van der Waals surface area contributed by atoms with Crippen LogP contribution in [0.2, 0.25) is 0 Å². The standard InChI is InChI=1S/C13H20N2O2/c1-15(2)12-7-4-6-11(10-12)13(16)14-8-5-9-17-3/h4,6-7,10H,5,8-9H2,1-3H3,(H,14,16). The number of rotatable bonds is 6. The number of nitrogens with zero attached hydrogens (tertiary/aromatic N) is 1. The quantitative estimate of drug-likeness (QED) is 0.761. The highest BCUT2D eigenvalue weighted by Gasteiger charge is 2.05. The van der Waals surface area contributed by atoms with Gasteiger partial charge < -0.3 is 15.0 Å². The molecule has 0 radical (unpaired) electrons. The molecule has 1 aromatic carbocycles. The van der Waals surface area contributed by atoms with Crippen LogP contribution in [0.15, 0.2) is 24.3 Å². The third-order valence-electron chi connectivity index (χ3n) is 2.44. The van der Waals surface area contributed by atoms with Crippen molar-refractivity contribution in [2.75, 3.05) is 39.3 Å². The van der Waals surface area contributed by atoms with E-state index in [0.717, 1.165) is 12.1 Å². The number of benzene rings is 1. The van der Waals surface area contributed by atoms with Gasteiger partial charge in [-0.25, -0.2) is 0 Å². The number of hydrogen-bond acceptors (Lipinski definition) is 3. The lowest BCUT2D eigenvalue weighted by molar-refractivity contribution is 0.0948. The molecule has 4 nitrogen and oxygen atoms in total. The molecule has 17 heavy (non-hydrogen) atoms. The second kappa shape index (κ2) is 6.91. The van der Waals surface area contributed by atoms with Crippen molar-refractivity contribution in [3.63, 3.8) is 0 Å². The maximum atomic E-state index is 11.8. The van der Waals surface area contributed by atoms with Gasteiger partial charge in [-0.05, 0) is 24.6 Å². The Kier molecular flexibility index (Phi) is 5.49. The molecule has 0 saturated heterocycles. The molecule has 0 aliphatic carbocycles. The van der Waals surface area contributed by atoms with Gasteiger partial charge in [-0.1, -0.05) is 6.07 Å². The highest BCUT2D eigenvalue weighted by Crippen LogP contribution is 2.13. The van der Waals surface area contributed by atoms with Crippen LogP contribution < -0.4 is 10.2 Å². The zero-order valence-electron chi connectivity index (χ0n) is 10.7. The third kappa shape index (κ3) is 4.44. The molecule has 0 atom stereocenters. The molecular weight excluding hydrogens is 216 g/mol. The van der Waals surface area contributed by atoms with Crippen LogP contribution in [0.25, 0.3) is 0 Å². The highest BCUT2D eigenvalue weighted by molar-refractivity contribution is 5.95. The van der Waals surface area contributed by atoms with Crippen LogP contribution in [0.5, 0.6) is 0 Å². The van der Waals surface area contributed by atoms with Crippen molar-refractivity contribution in [3.05, 3.63) is 29.8 Å². The van der Waals surface area contributed by atoms with Gasteiger partial charge in [-0.2, -0.15) is 0 Å². The van der Waals surface area contributed by atoms with Crippen molar-refractivity contribution in [1.82, 2.24) is 5.32 Å². The molecule has 0 saturated carbocycles. The first kappa shape index (κ1) is 13.5. The average Bonchev–Trinajstić information content (AvgIpc) is 2.34. The average molecular weight is 236 g/mol. The Balaban J connectivity index is 2.53. The van der Waals surface area contributed by atoms with E-state index in [4.69, 9.17) is 4.74 Å². The van der Waals surface area contributed by atoms with E-state index < -0.39 is 0 Å². The van der Waals surface area contributed by atoms with Crippen molar-refractivity contribution >= 4 is 11.6 Å². The van der Waals surface area contributed by atoms with Crippen LogP contribution in [0.3, 0.4) is 0 Å². The molecule has 0 aliphatic heterocycles. The minimum atomic E-state index is -0.0372. The van der Waals surface area contributed by atoms with Crippen molar-refractivity contribution in [2.45, 2.75) is 6.42 Å². The first-order valence-electron chi connectivity index (χ1n) is 5.69. The number of hydrogen-bond donors (Lipinski definition) is 1. The van der Waals surface area contributed by atoms with Crippen LogP contribution in [-0.2, 0) is 4.74 Å². The zero-order chi connectivity index (χ0) is 12.7. The maximum Gasteiger partial charge on any atom is 0.251 e. The molecule has 0 spiro atoms. The second-order valence-corrected chi connectivity index (χ2v) is 4.05. The number of carbonyl (C=O) groups excluding carboxylic acids is 1. The maximum absolute atomic E-state index is 11.8. The van der Waals surface area contributed by atoms with Gasteiger partial charge in [0.25, 0.3) is 5.91 Å². The Morgan fingerprint density at radius 2 is 2.18 bits per heavy atom. The van der Waals surface area contributed by atoms with Gasteiger partial charge in [0, 0.05) is 45.6 Å². The molecule has 0 aromatic heterocycles. The minimum absolute atomic E-state index is 0.0372. The second-order valence-electron chi connectivity index (χ2n) is 4.05. The monoisotopic (exact) mass is 236 g/mol. The van der Waals surface area contributed by atoms with Gasteiger partial charge in [0.1, 0.15) is 0 Å². The largest absolute Gasteiger partial charge is 0.385 e. The van der Waals surface area contributed by atoms with Crippen LogP contribution in [0.1, 0.15) is 16.8 Å². The van der Waals surface area contributed by atoms with Crippen LogP contribution in [-0.4, -0.2) is 40.3 Å². The summed E-state index contributed by atoms with van der Waals surface area (Å²) in [5.41, 5.74) is 1.71. The minimum Gasteiger partial charge on any atom is -0.385 e. The molecule has 1 amide bonds. The van der Waals surface area contributed by atoms with Crippen molar-refractivity contribution in [1.29, 1.82) is 0 Å². The summed E-state index contributed by atoms with van der Waals surface area (Å²) in [5.74, 6) is -0.0372. The predicted octanol–water partition coefficient (Wildman–Crippen LogP) is 1.52. The van der Waals surface area contributed by atoms with Crippen molar-refractivity contribution < 1.29 is 9.53 Å². The van der Waals surface area contributed by atoms with Gasteiger partial charge in [0.05, 0.1) is 0 Å². The Morgan fingerprint density at radius 3 is 2.82 bits per heavy atom. The fraction of sp³-hybridized carbons (Fsp3) is 0.462. The van der Waals surface area contributed by atoms with E-state index in [9.17, 15) is 4.79 Å². The van der Waals surface area contributed by atoms with E-state index in [-0.39, 0.29) is 5.91 Å². The number of amides is 1. The Morgan fingerprint density at radius 1 is 1.41 bits per heavy atom. The van der Waals surface area contributed by atoms with Gasteiger partial charge in [0.15, 0.2) is 0 Å². The normalized spacial score (nSPS) is 10.1. The van der Waals surface area contributed by atoms with E-state index in [0.29, 0.717) is 18.7 Å². The molecule has 94 valence electrons. The molecule has 0 bridgehead atoms. The summed E-state index contributed by atoms with van der Waals surface area (Å²) in [6.45, 7) is 1.30. The summed E-state index contributed by atoms with van der Waals surface area (Å²) < 4.78 is 4.92. The SMILES string of the molecule is COCCCNC(=O)c1cccc(N(C)C)c1. The number of ether oxygens (including phenoxy) is 1. The van der Waals surface area contributed by atoms with Gasteiger partial charge in [-0.15, -0.1) is 0 Å². The zero-order valence-corrected chi connectivity index (χ0v) is 10.7. The number of carbonyl (C=O) groups is 1. The number of methoxy groups -OCH3 is 1. The van der Waals surface area contributed by atoms with E-state index in [1.165, 1.54) is 0 Å². The number of nitrogens with one attached hydrogen (secondary N) is 1. The molecule has 0 heterocycles. The lowest BCUT2D eigenvalue weighted by Crippen LogP contribution is -2.25. The summed E-state index contributed by atoms with van der Waals surface area (Å²) in [5, 5.41) is 2.86. The van der Waals surface area contributed by atoms with Crippen molar-refractivity contribution in [2.24, 2.45) is 0 Å². The summed E-state index contributed by atoms with van der Waals surface area (Å²) in [4.78, 5) is 13.8. The Labute approximate surface area is 103 Å². The first-order valence-corrected chi connectivity index (χ1v) is 5.69. The Hall–Kier alpha value is -1.55. The molecule has 0 unspecified atom stereocenters. The van der Waals surface area contributed by atoms with Crippen LogP contribution in [0.4, 0.5) is 5.69 Å². The van der Waals surface area contributed by atoms with E-state index >= 15 is 0 Å². The first-order chi connectivity index (χ1) is 8.15. The molecular formula is C13H20N2O2. The topological polar surface area (TPSA) is 41.6 Å². The molecule has 1 aromatic rings. The fourth-order valence-corrected chi connectivity index (χ4v) is 1.45. The molecule has 0 fully saturated rings. The lowest BCUT2D eigenvalue weighted by atomic mass is 10.2. The lowest BCUT2D eigenvalue weighted by Gasteiger charge is -2.13. The van der Waals surface area contributed by atoms with Crippen LogP contribution >= 0.6 is 0 Å². The Bertz CT molecular complexity index is 364. The van der Waals surface area contributed by atoms with Gasteiger partial charge in [-0.3, -0.25) is 4.79 Å². The summed E-state index contributed by atoms with van der Waals surface area (Å²) in [7, 11) is 5.56.